The molecule has 0 bridgehead atoms. The first-order chi connectivity index (χ1) is 9.49. The smallest absolute Gasteiger partial charge is 0.270 e. The fourth-order valence-corrected chi connectivity index (χ4v) is 2.70. The highest BCUT2D eigenvalue weighted by molar-refractivity contribution is 7.89. The van der Waals surface area contributed by atoms with Gasteiger partial charge in [0.1, 0.15) is 0 Å². The van der Waals surface area contributed by atoms with E-state index in [1.54, 1.807) is 12.1 Å². The minimum atomic E-state index is -3.54. The summed E-state index contributed by atoms with van der Waals surface area (Å²) >= 11 is 0. The summed E-state index contributed by atoms with van der Waals surface area (Å²) in [6.07, 6.45) is 0. The van der Waals surface area contributed by atoms with Gasteiger partial charge in [-0.25, -0.2) is 13.1 Å². The highest BCUT2D eigenvalue weighted by Gasteiger charge is 2.14. The molecule has 0 aliphatic rings. The number of rotatable bonds is 5. The Morgan fingerprint density at radius 2 is 1.62 bits per heavy atom. The lowest BCUT2D eigenvalue weighted by atomic mass is 10.2. The molecule has 0 atom stereocenters. The van der Waals surface area contributed by atoms with Gasteiger partial charge >= 0.3 is 0 Å². The summed E-state index contributed by atoms with van der Waals surface area (Å²) in [5, 5.41) is 5.44. The molecule has 2 aromatic carbocycles. The maximum atomic E-state index is 12.1. The SMILES string of the molecule is NC(=[NH2+])c1ccc(S(=O)(=O)NCc2ccccc2)cc1.[Cl-]. The van der Waals surface area contributed by atoms with Gasteiger partial charge in [0.15, 0.2) is 0 Å². The molecule has 0 aliphatic heterocycles. The third-order valence-electron chi connectivity index (χ3n) is 2.81. The molecule has 112 valence electrons. The van der Waals surface area contributed by atoms with Crippen LogP contribution in [-0.4, -0.2) is 14.3 Å². The van der Waals surface area contributed by atoms with E-state index in [0.717, 1.165) is 5.56 Å². The predicted molar refractivity (Wildman–Crippen MR) is 77.1 cm³/mol. The number of hydrogen-bond donors (Lipinski definition) is 3. The molecule has 5 nitrogen and oxygen atoms in total. The van der Waals surface area contributed by atoms with Gasteiger partial charge in [0.25, 0.3) is 5.84 Å². The van der Waals surface area contributed by atoms with Crippen molar-refractivity contribution >= 4 is 15.9 Å². The van der Waals surface area contributed by atoms with Gasteiger partial charge in [0.2, 0.25) is 10.0 Å². The van der Waals surface area contributed by atoms with Crippen molar-refractivity contribution in [3.05, 3.63) is 65.7 Å². The minimum absolute atomic E-state index is 0. The van der Waals surface area contributed by atoms with Crippen molar-refractivity contribution in [3.8, 4) is 0 Å². The van der Waals surface area contributed by atoms with Crippen molar-refractivity contribution in [1.29, 1.82) is 0 Å². The number of nitrogens with one attached hydrogen (secondary N) is 1. The number of nitrogens with two attached hydrogens (primary N) is 2. The molecule has 21 heavy (non-hydrogen) atoms. The molecule has 7 heteroatoms. The second-order valence-corrected chi connectivity index (χ2v) is 6.06. The van der Waals surface area contributed by atoms with Crippen LogP contribution in [0.3, 0.4) is 0 Å². The molecule has 0 saturated carbocycles. The first-order valence-electron chi connectivity index (χ1n) is 6.01. The Morgan fingerprint density at radius 3 is 2.14 bits per heavy atom. The highest BCUT2D eigenvalue weighted by Crippen LogP contribution is 2.10. The van der Waals surface area contributed by atoms with Gasteiger partial charge in [-0.05, 0) is 29.8 Å². The van der Waals surface area contributed by atoms with Crippen LogP contribution in [0.2, 0.25) is 0 Å². The molecule has 0 fully saturated rings. The average molecular weight is 326 g/mol. The zero-order chi connectivity index (χ0) is 14.6. The monoisotopic (exact) mass is 325 g/mol. The van der Waals surface area contributed by atoms with Gasteiger partial charge in [-0.15, -0.1) is 0 Å². The molecule has 0 saturated heterocycles. The van der Waals surface area contributed by atoms with Crippen LogP contribution in [-0.2, 0) is 16.6 Å². The lowest BCUT2D eigenvalue weighted by molar-refractivity contribution is -0.114. The molecular weight excluding hydrogens is 310 g/mol. The van der Waals surface area contributed by atoms with Crippen LogP contribution in [0, 0.1) is 0 Å². The average Bonchev–Trinajstić information content (AvgIpc) is 2.46. The van der Waals surface area contributed by atoms with Crippen LogP contribution in [0.15, 0.2) is 59.5 Å². The van der Waals surface area contributed by atoms with E-state index < -0.39 is 10.0 Å². The predicted octanol–water partition coefficient (Wildman–Crippen LogP) is -3.37. The highest BCUT2D eigenvalue weighted by atomic mass is 35.5. The van der Waals surface area contributed by atoms with Crippen LogP contribution < -0.4 is 28.3 Å². The first kappa shape index (κ1) is 17.2. The van der Waals surface area contributed by atoms with Crippen molar-refractivity contribution < 1.29 is 26.2 Å². The Hall–Kier alpha value is -1.89. The van der Waals surface area contributed by atoms with Gasteiger partial charge in [-0.2, -0.15) is 0 Å². The molecular formula is C14H16ClN3O2S. The molecule has 2 rings (SSSR count). The molecule has 0 aromatic heterocycles. The quantitative estimate of drug-likeness (QED) is 0.395. The standard InChI is InChI=1S/C14H15N3O2S.ClH/c15-14(16)12-6-8-13(9-7-12)20(18,19)17-10-11-4-2-1-3-5-11;/h1-9,17H,10H2,(H3,15,16);1H. The first-order valence-corrected chi connectivity index (χ1v) is 7.49. The van der Waals surface area contributed by atoms with Crippen molar-refractivity contribution in [2.45, 2.75) is 11.4 Å². The molecule has 0 spiro atoms. The third kappa shape index (κ3) is 4.56. The van der Waals surface area contributed by atoms with E-state index in [1.807, 2.05) is 30.3 Å². The van der Waals surface area contributed by atoms with Gasteiger partial charge in [0, 0.05) is 6.54 Å². The Morgan fingerprint density at radius 1 is 1.05 bits per heavy atom. The largest absolute Gasteiger partial charge is 1.00 e. The van der Waals surface area contributed by atoms with Gasteiger partial charge in [0.05, 0.1) is 10.5 Å². The topological polar surface area (TPSA) is 97.8 Å². The summed E-state index contributed by atoms with van der Waals surface area (Å²) in [4.78, 5) is 0.179. The van der Waals surface area contributed by atoms with E-state index in [0.29, 0.717) is 5.56 Å². The fourth-order valence-electron chi connectivity index (χ4n) is 1.68. The van der Waals surface area contributed by atoms with E-state index in [1.165, 1.54) is 12.1 Å². The van der Waals surface area contributed by atoms with Crippen LogP contribution in [0.4, 0.5) is 0 Å². The summed E-state index contributed by atoms with van der Waals surface area (Å²) in [7, 11) is -3.54. The number of amidine groups is 1. The van der Waals surface area contributed by atoms with E-state index in [2.05, 4.69) is 4.72 Å². The maximum Gasteiger partial charge on any atom is 0.270 e. The Kier molecular flexibility index (Phi) is 5.90. The third-order valence-corrected chi connectivity index (χ3v) is 4.22. The molecule has 0 radical (unpaired) electrons. The summed E-state index contributed by atoms with van der Waals surface area (Å²) in [6.45, 7) is 0.246. The van der Waals surface area contributed by atoms with Crippen molar-refractivity contribution in [3.63, 3.8) is 0 Å². The van der Waals surface area contributed by atoms with E-state index >= 15 is 0 Å². The lowest BCUT2D eigenvalue weighted by Crippen LogP contribution is -3.00. The number of halogens is 1. The number of sulfonamides is 1. The van der Waals surface area contributed by atoms with Crippen molar-refractivity contribution in [1.82, 2.24) is 4.72 Å². The maximum absolute atomic E-state index is 12.1. The molecule has 0 aliphatic carbocycles. The minimum Gasteiger partial charge on any atom is -1.00 e. The second-order valence-electron chi connectivity index (χ2n) is 4.29. The van der Waals surface area contributed by atoms with Gasteiger partial charge in [-0.1, -0.05) is 30.3 Å². The van der Waals surface area contributed by atoms with E-state index in [-0.39, 0.29) is 29.7 Å². The summed E-state index contributed by atoms with van der Waals surface area (Å²) in [5.74, 6) is 0.159. The summed E-state index contributed by atoms with van der Waals surface area (Å²) < 4.78 is 26.8. The van der Waals surface area contributed by atoms with E-state index in [4.69, 9.17) is 11.1 Å². The van der Waals surface area contributed by atoms with Crippen LogP contribution in [0.25, 0.3) is 0 Å². The van der Waals surface area contributed by atoms with Crippen molar-refractivity contribution in [2.75, 3.05) is 0 Å². The molecule has 2 aromatic rings. The van der Waals surface area contributed by atoms with Gasteiger partial charge < -0.3 is 12.4 Å². The zero-order valence-corrected chi connectivity index (χ0v) is 12.7. The van der Waals surface area contributed by atoms with Crippen LogP contribution >= 0.6 is 0 Å². The Labute approximate surface area is 130 Å². The Balaban J connectivity index is 0.00000220. The normalized spacial score (nSPS) is 10.7. The molecule has 0 heterocycles. The molecule has 0 amide bonds. The second kappa shape index (κ2) is 7.21. The van der Waals surface area contributed by atoms with Crippen LogP contribution in [0.5, 0.6) is 0 Å². The Bertz CT molecular complexity index is 701. The number of hydrogen-bond acceptors (Lipinski definition) is 2. The molecule has 5 N–H and O–H groups in total. The molecule has 0 unspecified atom stereocenters. The zero-order valence-electron chi connectivity index (χ0n) is 11.2. The van der Waals surface area contributed by atoms with Crippen LogP contribution in [0.1, 0.15) is 11.1 Å². The summed E-state index contributed by atoms with van der Waals surface area (Å²) in [5.41, 5.74) is 6.94. The number of benzene rings is 2. The van der Waals surface area contributed by atoms with Crippen molar-refractivity contribution in [2.24, 2.45) is 5.73 Å². The lowest BCUT2D eigenvalue weighted by Gasteiger charge is -2.07. The van der Waals surface area contributed by atoms with E-state index in [9.17, 15) is 8.42 Å². The van der Waals surface area contributed by atoms with Gasteiger partial charge in [-0.3, -0.25) is 11.1 Å². The fraction of sp³-hybridized carbons (Fsp3) is 0.0714. The summed E-state index contributed by atoms with van der Waals surface area (Å²) in [6, 6.07) is 15.4.